The summed E-state index contributed by atoms with van der Waals surface area (Å²) < 4.78 is 44.5. The van der Waals surface area contributed by atoms with Crippen LogP contribution in [0, 0.1) is 5.41 Å². The van der Waals surface area contributed by atoms with Crippen molar-refractivity contribution >= 4 is 23.6 Å². The molecule has 11 heteroatoms. The smallest absolute Gasteiger partial charge is 0.431 e. The lowest BCUT2D eigenvalue weighted by molar-refractivity contribution is -0.112. The largest absolute Gasteiger partial charge is 0.488 e. The molecule has 1 aromatic rings. The number of aromatic nitrogens is 1. The summed E-state index contributed by atoms with van der Waals surface area (Å²) >= 11 is 0. The Balaban J connectivity index is 1.85. The molecule has 1 aliphatic heterocycles. The number of rotatable bonds is 5. The monoisotopic (exact) mass is 394 g/mol. The van der Waals surface area contributed by atoms with E-state index in [-0.39, 0.29) is 11.8 Å². The lowest BCUT2D eigenvalue weighted by Gasteiger charge is -2.27. The van der Waals surface area contributed by atoms with E-state index in [1.165, 1.54) is 12.4 Å². The molecule has 3 rings (SSSR count). The first kappa shape index (κ1) is 19.4. The summed E-state index contributed by atoms with van der Waals surface area (Å²) in [5.74, 6) is -1.77. The van der Waals surface area contributed by atoms with Gasteiger partial charge in [0.2, 0.25) is 0 Å². The van der Waals surface area contributed by atoms with Gasteiger partial charge in [-0.2, -0.15) is 13.2 Å². The average molecular weight is 394 g/mol. The first-order valence-electron chi connectivity index (χ1n) is 8.35. The molecule has 0 bridgehead atoms. The van der Waals surface area contributed by atoms with Gasteiger partial charge in [-0.15, -0.1) is 0 Å². The number of halogens is 3. The first-order chi connectivity index (χ1) is 13.3. The molecule has 1 amide bonds. The number of carbonyl (C=O) groups is 1. The van der Waals surface area contributed by atoms with Gasteiger partial charge in [0, 0.05) is 18.5 Å². The Labute approximate surface area is 157 Å². The summed E-state index contributed by atoms with van der Waals surface area (Å²) in [6.07, 6.45) is 2.61. The Morgan fingerprint density at radius 3 is 2.75 bits per heavy atom. The maximum Gasteiger partial charge on any atom is 0.431 e. The molecule has 0 spiro atoms. The highest BCUT2D eigenvalue weighted by Crippen LogP contribution is 2.30. The van der Waals surface area contributed by atoms with Gasteiger partial charge in [-0.05, 0) is 25.3 Å². The molecule has 1 aromatic heterocycles. The predicted molar refractivity (Wildman–Crippen MR) is 95.8 cm³/mol. The molecule has 1 aliphatic carbocycles. The predicted octanol–water partition coefficient (Wildman–Crippen LogP) is 2.22. The molecule has 5 N–H and O–H groups in total. The lowest BCUT2D eigenvalue weighted by Crippen LogP contribution is -2.34. The van der Waals surface area contributed by atoms with Gasteiger partial charge in [0.15, 0.2) is 0 Å². The van der Waals surface area contributed by atoms with Crippen LogP contribution in [0.3, 0.4) is 0 Å². The van der Waals surface area contributed by atoms with Gasteiger partial charge < -0.3 is 21.1 Å². The normalized spacial score (nSPS) is 18.5. The van der Waals surface area contributed by atoms with Crippen LogP contribution in [-0.4, -0.2) is 35.2 Å². The second-order valence-corrected chi connectivity index (χ2v) is 6.12. The SMILES string of the molecule is N=C(N)/C(C(=O)Nc1cnccc1OC1CCC1)=C1\N=CC=C(C(F)(F)F)N1. The van der Waals surface area contributed by atoms with Crippen LogP contribution in [0.4, 0.5) is 18.9 Å². The number of amides is 1. The number of hydrogen-bond acceptors (Lipinski definition) is 6. The fourth-order valence-corrected chi connectivity index (χ4v) is 2.47. The third-order valence-corrected chi connectivity index (χ3v) is 4.11. The minimum absolute atomic E-state index is 0.0350. The number of pyridine rings is 1. The maximum absolute atomic E-state index is 12.9. The summed E-state index contributed by atoms with van der Waals surface area (Å²) in [6, 6.07) is 1.57. The van der Waals surface area contributed by atoms with Crippen molar-refractivity contribution in [3.05, 3.63) is 41.6 Å². The standard InChI is InChI=1S/C17H17F3N6O2/c18-17(19,20)12-5-7-24-15(26-12)13(14(21)22)16(27)25-10-8-23-6-4-11(10)28-9-2-1-3-9/h4-9,26H,1-3H2,(H3,21,22)(H,25,27)/b15-13-. The number of nitrogens with one attached hydrogen (secondary N) is 3. The molecule has 8 nitrogen and oxygen atoms in total. The molecule has 2 heterocycles. The lowest BCUT2D eigenvalue weighted by atomic mass is 9.96. The van der Waals surface area contributed by atoms with E-state index in [4.69, 9.17) is 15.9 Å². The number of nitrogens with zero attached hydrogens (tertiary/aromatic N) is 2. The van der Waals surface area contributed by atoms with Gasteiger partial charge in [-0.3, -0.25) is 15.2 Å². The summed E-state index contributed by atoms with van der Waals surface area (Å²) in [6.45, 7) is 0. The van der Waals surface area contributed by atoms with Crippen LogP contribution in [-0.2, 0) is 4.79 Å². The zero-order valence-corrected chi connectivity index (χ0v) is 14.5. The van der Waals surface area contributed by atoms with Crippen molar-refractivity contribution < 1.29 is 22.7 Å². The van der Waals surface area contributed by atoms with Crippen molar-refractivity contribution in [1.82, 2.24) is 10.3 Å². The van der Waals surface area contributed by atoms with Crippen molar-refractivity contribution in [2.75, 3.05) is 5.32 Å². The van der Waals surface area contributed by atoms with Crippen LogP contribution in [0.15, 0.2) is 46.6 Å². The number of allylic oxidation sites excluding steroid dienone is 2. The molecule has 0 unspecified atom stereocenters. The van der Waals surface area contributed by atoms with E-state index in [0.717, 1.165) is 25.5 Å². The topological polar surface area (TPSA) is 125 Å². The van der Waals surface area contributed by atoms with Crippen molar-refractivity contribution in [3.63, 3.8) is 0 Å². The number of amidine groups is 1. The number of carbonyl (C=O) groups excluding carboxylic acids is 1. The number of nitrogens with two attached hydrogens (primary N) is 1. The quantitative estimate of drug-likeness (QED) is 0.346. The third-order valence-electron chi connectivity index (χ3n) is 4.11. The summed E-state index contributed by atoms with van der Waals surface area (Å²) in [7, 11) is 0. The number of hydrogen-bond donors (Lipinski definition) is 4. The highest BCUT2D eigenvalue weighted by molar-refractivity contribution is 6.24. The van der Waals surface area contributed by atoms with E-state index in [1.54, 1.807) is 6.07 Å². The number of aliphatic imine (C=N–C) groups is 1. The molecule has 1 saturated carbocycles. The molecular formula is C17H17F3N6O2. The van der Waals surface area contributed by atoms with E-state index in [2.05, 4.69) is 15.3 Å². The van der Waals surface area contributed by atoms with E-state index in [9.17, 15) is 18.0 Å². The minimum Gasteiger partial charge on any atom is -0.488 e. The van der Waals surface area contributed by atoms with Gasteiger partial charge >= 0.3 is 6.18 Å². The van der Waals surface area contributed by atoms with Crippen LogP contribution in [0.5, 0.6) is 5.75 Å². The zero-order valence-electron chi connectivity index (χ0n) is 14.5. The van der Waals surface area contributed by atoms with Crippen LogP contribution < -0.4 is 21.1 Å². The Kier molecular flexibility index (Phi) is 5.34. The molecule has 0 aromatic carbocycles. The van der Waals surface area contributed by atoms with Crippen LogP contribution in [0.2, 0.25) is 0 Å². The van der Waals surface area contributed by atoms with Gasteiger partial charge in [0.05, 0.1) is 12.3 Å². The fourth-order valence-electron chi connectivity index (χ4n) is 2.47. The Bertz CT molecular complexity index is 887. The third kappa shape index (κ3) is 4.30. The summed E-state index contributed by atoms with van der Waals surface area (Å²) in [5, 5.41) is 12.1. The average Bonchev–Trinajstić information content (AvgIpc) is 2.58. The van der Waals surface area contributed by atoms with Crippen molar-refractivity contribution in [2.24, 2.45) is 10.7 Å². The van der Waals surface area contributed by atoms with E-state index >= 15 is 0 Å². The molecule has 0 saturated heterocycles. The second-order valence-electron chi connectivity index (χ2n) is 6.12. The molecule has 1 fully saturated rings. The van der Waals surface area contributed by atoms with Gasteiger partial charge in [0.1, 0.15) is 34.4 Å². The first-order valence-corrected chi connectivity index (χ1v) is 8.35. The Morgan fingerprint density at radius 2 is 2.14 bits per heavy atom. The zero-order chi connectivity index (χ0) is 20.3. The van der Waals surface area contributed by atoms with Crippen molar-refractivity contribution in [2.45, 2.75) is 31.5 Å². The highest BCUT2D eigenvalue weighted by Gasteiger charge is 2.36. The molecule has 0 atom stereocenters. The number of alkyl halides is 3. The Morgan fingerprint density at radius 1 is 1.39 bits per heavy atom. The van der Waals surface area contributed by atoms with Gasteiger partial charge in [-0.25, -0.2) is 4.99 Å². The van der Waals surface area contributed by atoms with Crippen LogP contribution in [0.25, 0.3) is 0 Å². The van der Waals surface area contributed by atoms with Crippen LogP contribution >= 0.6 is 0 Å². The van der Waals surface area contributed by atoms with Crippen LogP contribution in [0.1, 0.15) is 19.3 Å². The highest BCUT2D eigenvalue weighted by atomic mass is 19.4. The van der Waals surface area contributed by atoms with Crippen molar-refractivity contribution in [1.29, 1.82) is 5.41 Å². The summed E-state index contributed by atoms with van der Waals surface area (Å²) in [5.41, 5.74) is 3.98. The van der Waals surface area contributed by atoms with Crippen molar-refractivity contribution in [3.8, 4) is 5.75 Å². The van der Waals surface area contributed by atoms with Gasteiger partial charge in [0.25, 0.3) is 5.91 Å². The summed E-state index contributed by atoms with van der Waals surface area (Å²) in [4.78, 5) is 20.3. The van der Waals surface area contributed by atoms with E-state index in [0.29, 0.717) is 11.8 Å². The second kappa shape index (κ2) is 7.71. The fraction of sp³-hybridized carbons (Fsp3) is 0.294. The molecule has 2 aliphatic rings. The molecule has 148 valence electrons. The van der Waals surface area contributed by atoms with E-state index in [1.807, 2.05) is 5.32 Å². The molecule has 28 heavy (non-hydrogen) atoms. The maximum atomic E-state index is 12.9. The molecule has 0 radical (unpaired) electrons. The number of anilines is 1. The van der Waals surface area contributed by atoms with E-state index < -0.39 is 35.0 Å². The minimum atomic E-state index is -4.68. The van der Waals surface area contributed by atoms with Gasteiger partial charge in [-0.1, -0.05) is 0 Å². The Hall–Kier alpha value is -3.37. The molecular weight excluding hydrogens is 377 g/mol. The number of ether oxygens (including phenoxy) is 1.